The van der Waals surface area contributed by atoms with Crippen LogP contribution in [0.1, 0.15) is 52.7 Å². The van der Waals surface area contributed by atoms with Crippen LogP contribution in [-0.2, 0) is 27.9 Å². The fourth-order valence-electron chi connectivity index (χ4n) is 4.04. The zero-order chi connectivity index (χ0) is 29.7. The van der Waals surface area contributed by atoms with Crippen molar-refractivity contribution in [2.75, 3.05) is 6.54 Å². The van der Waals surface area contributed by atoms with Crippen molar-refractivity contribution in [2.45, 2.75) is 71.6 Å². The Balaban J connectivity index is 1.75. The Labute approximate surface area is 239 Å². The molecule has 3 aromatic rings. The van der Waals surface area contributed by atoms with Crippen LogP contribution >= 0.6 is 11.5 Å². The molecule has 1 aromatic heterocycles. The number of primary amides is 1. The van der Waals surface area contributed by atoms with E-state index in [4.69, 9.17) is 10.5 Å². The molecule has 0 radical (unpaired) electrons. The van der Waals surface area contributed by atoms with E-state index in [0.717, 1.165) is 26.5 Å². The Morgan fingerprint density at radius 1 is 0.975 bits per heavy atom. The van der Waals surface area contributed by atoms with E-state index in [-0.39, 0.29) is 24.1 Å². The van der Waals surface area contributed by atoms with Crippen LogP contribution in [0.4, 0.5) is 9.59 Å². The molecule has 40 heavy (non-hydrogen) atoms. The second kappa shape index (κ2) is 12.5. The van der Waals surface area contributed by atoms with Gasteiger partial charge in [0.2, 0.25) is 0 Å². The van der Waals surface area contributed by atoms with E-state index < -0.39 is 29.7 Å². The highest BCUT2D eigenvalue weighted by molar-refractivity contribution is 7.10. The summed E-state index contributed by atoms with van der Waals surface area (Å²) in [6, 6.07) is 16.5. The first-order valence-electron chi connectivity index (χ1n) is 13.1. The van der Waals surface area contributed by atoms with Crippen LogP contribution in [0.2, 0.25) is 0 Å². The molecule has 0 aliphatic heterocycles. The fourth-order valence-corrected chi connectivity index (χ4v) is 5.05. The Morgan fingerprint density at radius 3 is 2.12 bits per heavy atom. The summed E-state index contributed by atoms with van der Waals surface area (Å²) in [6.07, 6.45) is -0.239. The molecule has 0 aliphatic carbocycles. The number of urea groups is 1. The Bertz CT molecular complexity index is 1380. The van der Waals surface area contributed by atoms with Gasteiger partial charge in [-0.1, -0.05) is 66.1 Å². The lowest BCUT2D eigenvalue weighted by atomic mass is 10.0. The fraction of sp³-hybridized carbons (Fsp3) is 0.400. The van der Waals surface area contributed by atoms with Gasteiger partial charge in [-0.15, -0.1) is 0 Å². The number of hydrogen-bond donors (Lipinski definition) is 2. The number of carbonyl (C=O) groups excluding carboxylic acids is 3. The van der Waals surface area contributed by atoms with Gasteiger partial charge in [-0.2, -0.15) is 0 Å². The monoisotopic (exact) mass is 566 g/mol. The van der Waals surface area contributed by atoms with E-state index >= 15 is 0 Å². The molecule has 1 heterocycles. The summed E-state index contributed by atoms with van der Waals surface area (Å²) >= 11 is 1.41. The van der Waals surface area contributed by atoms with Crippen molar-refractivity contribution in [1.29, 1.82) is 0 Å². The van der Waals surface area contributed by atoms with Gasteiger partial charge >= 0.3 is 12.1 Å². The van der Waals surface area contributed by atoms with Gasteiger partial charge in [-0.3, -0.25) is 18.4 Å². The summed E-state index contributed by atoms with van der Waals surface area (Å²) in [6.45, 7) is 11.2. The van der Waals surface area contributed by atoms with Gasteiger partial charge in [0.1, 0.15) is 11.6 Å². The molecule has 2 aromatic carbocycles. The van der Waals surface area contributed by atoms with Gasteiger partial charge in [0.25, 0.3) is 11.5 Å². The SMILES string of the molecule is CC(C)(C)OC(=O)N[C@@H](Cc1ccccc1)C(=O)N(CCc1ccc(-c2cc(=O)n(C(C)(C)C)s2)cc1)C(N)=O. The third-order valence-electron chi connectivity index (χ3n) is 5.92. The highest BCUT2D eigenvalue weighted by Gasteiger charge is 2.30. The zero-order valence-corrected chi connectivity index (χ0v) is 24.7. The molecule has 9 nitrogen and oxygen atoms in total. The predicted molar refractivity (Wildman–Crippen MR) is 157 cm³/mol. The van der Waals surface area contributed by atoms with E-state index in [1.54, 1.807) is 30.8 Å². The first-order valence-corrected chi connectivity index (χ1v) is 13.9. The average Bonchev–Trinajstić information content (AvgIpc) is 3.25. The molecule has 214 valence electrons. The normalized spacial score (nSPS) is 12.4. The van der Waals surface area contributed by atoms with Gasteiger partial charge in [-0.25, -0.2) is 9.59 Å². The number of nitrogens with two attached hydrogens (primary N) is 1. The van der Waals surface area contributed by atoms with E-state index in [0.29, 0.717) is 6.42 Å². The van der Waals surface area contributed by atoms with Crippen molar-refractivity contribution < 1.29 is 19.1 Å². The maximum Gasteiger partial charge on any atom is 0.408 e. The van der Waals surface area contributed by atoms with Crippen LogP contribution in [0.3, 0.4) is 0 Å². The maximum absolute atomic E-state index is 13.5. The molecule has 0 saturated carbocycles. The Kier molecular flexibility index (Phi) is 9.57. The van der Waals surface area contributed by atoms with Crippen LogP contribution in [-0.4, -0.2) is 45.1 Å². The van der Waals surface area contributed by atoms with Crippen molar-refractivity contribution in [1.82, 2.24) is 14.2 Å². The highest BCUT2D eigenvalue weighted by atomic mass is 32.1. The van der Waals surface area contributed by atoms with E-state index in [1.165, 1.54) is 11.5 Å². The molecule has 0 unspecified atom stereocenters. The van der Waals surface area contributed by atoms with Crippen molar-refractivity contribution in [3.05, 3.63) is 82.1 Å². The number of nitrogens with one attached hydrogen (secondary N) is 1. The third-order valence-corrected chi connectivity index (χ3v) is 7.38. The molecule has 0 saturated heterocycles. The van der Waals surface area contributed by atoms with Gasteiger partial charge in [0, 0.05) is 19.0 Å². The highest BCUT2D eigenvalue weighted by Crippen LogP contribution is 2.27. The minimum absolute atomic E-state index is 0.0303. The van der Waals surface area contributed by atoms with E-state index in [2.05, 4.69) is 5.32 Å². The number of ether oxygens (including phenoxy) is 1. The molecule has 0 aliphatic rings. The molecule has 3 rings (SSSR count). The van der Waals surface area contributed by atoms with Gasteiger partial charge < -0.3 is 15.8 Å². The molecule has 1 atom stereocenters. The van der Waals surface area contributed by atoms with Crippen molar-refractivity contribution in [3.63, 3.8) is 0 Å². The number of carbonyl (C=O) groups is 3. The Hall–Kier alpha value is -3.92. The second-order valence-corrected chi connectivity index (χ2v) is 12.6. The lowest BCUT2D eigenvalue weighted by Crippen LogP contribution is -2.54. The summed E-state index contributed by atoms with van der Waals surface area (Å²) < 4.78 is 7.08. The number of hydrogen-bond acceptors (Lipinski definition) is 6. The van der Waals surface area contributed by atoms with Crippen LogP contribution in [0.5, 0.6) is 0 Å². The number of alkyl carbamates (subject to hydrolysis) is 1. The number of amides is 4. The minimum atomic E-state index is -1.05. The predicted octanol–water partition coefficient (Wildman–Crippen LogP) is 4.92. The maximum atomic E-state index is 13.5. The summed E-state index contributed by atoms with van der Waals surface area (Å²) in [7, 11) is 0. The molecular formula is C30H38N4O5S. The first-order chi connectivity index (χ1) is 18.6. The quantitative estimate of drug-likeness (QED) is 0.401. The molecule has 0 bridgehead atoms. The number of nitrogens with zero attached hydrogens (tertiary/aromatic N) is 2. The van der Waals surface area contributed by atoms with Gasteiger partial charge in [0.05, 0.1) is 10.4 Å². The van der Waals surface area contributed by atoms with Crippen LogP contribution in [0, 0.1) is 0 Å². The number of rotatable bonds is 8. The summed E-state index contributed by atoms with van der Waals surface area (Å²) in [5, 5.41) is 2.61. The lowest BCUT2D eigenvalue weighted by molar-refractivity contribution is -0.130. The molecule has 4 amide bonds. The Morgan fingerprint density at radius 2 is 1.60 bits per heavy atom. The van der Waals surface area contributed by atoms with E-state index in [1.807, 2.05) is 75.4 Å². The standard InChI is InChI=1S/C30H38N4O5S/c1-29(2,3)34-25(35)19-24(40-34)22-14-12-20(13-15-22)16-17-33(27(31)37)26(36)23(18-21-10-8-7-9-11-21)32-28(38)39-30(4,5)6/h7-15,19,23H,16-18H2,1-6H3,(H2,31,37)(H,32,38)/t23-/m0/s1. The molecule has 0 spiro atoms. The van der Waals surface area contributed by atoms with Gasteiger partial charge in [0.15, 0.2) is 0 Å². The van der Waals surface area contributed by atoms with Crippen molar-refractivity contribution in [3.8, 4) is 10.4 Å². The van der Waals surface area contributed by atoms with Crippen molar-refractivity contribution in [2.24, 2.45) is 5.73 Å². The van der Waals surface area contributed by atoms with Crippen LogP contribution in [0.15, 0.2) is 65.5 Å². The largest absolute Gasteiger partial charge is 0.444 e. The minimum Gasteiger partial charge on any atom is -0.444 e. The lowest BCUT2D eigenvalue weighted by Gasteiger charge is -2.27. The van der Waals surface area contributed by atoms with Crippen LogP contribution in [0.25, 0.3) is 10.4 Å². The summed E-state index contributed by atoms with van der Waals surface area (Å²) in [5.74, 6) is -0.618. The third kappa shape index (κ3) is 8.54. The zero-order valence-electron chi connectivity index (χ0n) is 23.9. The number of imide groups is 1. The second-order valence-electron chi connectivity index (χ2n) is 11.6. The van der Waals surface area contributed by atoms with Crippen LogP contribution < -0.4 is 16.6 Å². The van der Waals surface area contributed by atoms with Gasteiger partial charge in [-0.05, 0) is 64.7 Å². The number of benzene rings is 2. The number of aromatic nitrogens is 1. The molecule has 10 heteroatoms. The smallest absolute Gasteiger partial charge is 0.408 e. The summed E-state index contributed by atoms with van der Waals surface area (Å²) in [5.41, 5.74) is 7.09. The first kappa shape index (κ1) is 30.6. The summed E-state index contributed by atoms with van der Waals surface area (Å²) in [4.78, 5) is 52.6. The average molecular weight is 567 g/mol. The van der Waals surface area contributed by atoms with E-state index in [9.17, 15) is 19.2 Å². The molecule has 0 fully saturated rings. The van der Waals surface area contributed by atoms with Crippen molar-refractivity contribution >= 4 is 29.6 Å². The molecule has 3 N–H and O–H groups in total. The topological polar surface area (TPSA) is 124 Å². The molecular weight excluding hydrogens is 528 g/mol.